The number of rotatable bonds is 5. The quantitative estimate of drug-likeness (QED) is 0.744. The smallest absolute Gasteiger partial charge is 0.412 e. The molecule has 0 bridgehead atoms. The third kappa shape index (κ3) is 4.84. The van der Waals surface area contributed by atoms with Crippen molar-refractivity contribution in [2.75, 3.05) is 13.7 Å². The number of aromatic nitrogens is 2. The molecule has 0 aromatic carbocycles. The SMILES string of the molecule is COC1C=C(C2NN=C(NCC3C=CC=C(C(F)(F)F)C3)O2)C=CC1n1cnc(C)c1. The summed E-state index contributed by atoms with van der Waals surface area (Å²) in [5.41, 5.74) is 4.14. The summed E-state index contributed by atoms with van der Waals surface area (Å²) in [6, 6.07) is 0.223. The van der Waals surface area contributed by atoms with Crippen LogP contribution in [0, 0.1) is 12.8 Å². The fraction of sp³-hybridized carbons (Fsp3) is 0.429. The molecule has 31 heavy (non-hydrogen) atoms. The Labute approximate surface area is 178 Å². The van der Waals surface area contributed by atoms with Gasteiger partial charge in [0.15, 0.2) is 0 Å². The lowest BCUT2D eigenvalue weighted by Gasteiger charge is -2.27. The summed E-state index contributed by atoms with van der Waals surface area (Å²) in [5, 5.41) is 7.10. The second-order valence-corrected chi connectivity index (χ2v) is 7.64. The van der Waals surface area contributed by atoms with E-state index in [1.165, 1.54) is 6.08 Å². The highest BCUT2D eigenvalue weighted by Gasteiger charge is 2.35. The van der Waals surface area contributed by atoms with Gasteiger partial charge in [-0.15, -0.1) is 5.10 Å². The monoisotopic (exact) mass is 435 g/mol. The normalized spacial score (nSPS) is 27.8. The van der Waals surface area contributed by atoms with Crippen LogP contribution in [0.25, 0.3) is 0 Å². The van der Waals surface area contributed by atoms with Crippen molar-refractivity contribution in [3.8, 4) is 0 Å². The topological polar surface area (TPSA) is 72.7 Å². The summed E-state index contributed by atoms with van der Waals surface area (Å²) in [6.45, 7) is 2.21. The van der Waals surface area contributed by atoms with Crippen molar-refractivity contribution >= 4 is 6.02 Å². The molecule has 4 atom stereocenters. The van der Waals surface area contributed by atoms with Crippen molar-refractivity contribution in [1.29, 1.82) is 0 Å². The Morgan fingerprint density at radius 1 is 1.35 bits per heavy atom. The average Bonchev–Trinajstić information content (AvgIpc) is 3.40. The van der Waals surface area contributed by atoms with Gasteiger partial charge < -0.3 is 19.4 Å². The van der Waals surface area contributed by atoms with Crippen LogP contribution < -0.4 is 10.7 Å². The van der Waals surface area contributed by atoms with Crippen molar-refractivity contribution in [2.45, 2.75) is 37.9 Å². The molecule has 2 heterocycles. The Kier molecular flexibility index (Phi) is 5.90. The molecule has 1 aromatic rings. The standard InChI is InChI=1S/C21H24F3N5O2/c1-13-11-29(12-26-13)17-7-6-15(9-18(17)30-2)19-27-28-20(31-19)25-10-14-4-3-5-16(8-14)21(22,23)24/h3-7,9,11-12,14,17-19,27H,8,10H2,1-2H3,(H,25,28). The lowest BCUT2D eigenvalue weighted by atomic mass is 9.94. The van der Waals surface area contributed by atoms with E-state index in [2.05, 4.69) is 20.8 Å². The molecular formula is C21H24F3N5O2. The van der Waals surface area contributed by atoms with Crippen LogP contribution in [-0.2, 0) is 9.47 Å². The molecule has 10 heteroatoms. The summed E-state index contributed by atoms with van der Waals surface area (Å²) in [4.78, 5) is 4.26. The van der Waals surface area contributed by atoms with Gasteiger partial charge in [-0.05, 0) is 25.3 Å². The van der Waals surface area contributed by atoms with Gasteiger partial charge in [-0.2, -0.15) is 13.2 Å². The van der Waals surface area contributed by atoms with Crippen molar-refractivity contribution < 1.29 is 22.6 Å². The zero-order chi connectivity index (χ0) is 22.0. The maximum Gasteiger partial charge on any atom is 0.412 e. The van der Waals surface area contributed by atoms with Crippen molar-refractivity contribution in [1.82, 2.24) is 20.3 Å². The molecule has 2 aliphatic carbocycles. The summed E-state index contributed by atoms with van der Waals surface area (Å²) in [6.07, 6.45) is 8.84. The molecule has 0 spiro atoms. The molecule has 0 saturated heterocycles. The Morgan fingerprint density at radius 2 is 2.19 bits per heavy atom. The number of hydrazone groups is 1. The largest absolute Gasteiger partial charge is 0.434 e. The van der Waals surface area contributed by atoms with Crippen LogP contribution in [0.5, 0.6) is 0 Å². The van der Waals surface area contributed by atoms with E-state index in [0.717, 1.165) is 17.3 Å². The van der Waals surface area contributed by atoms with Crippen LogP contribution in [0.4, 0.5) is 13.2 Å². The minimum atomic E-state index is -4.30. The van der Waals surface area contributed by atoms with Gasteiger partial charge in [0.2, 0.25) is 6.23 Å². The van der Waals surface area contributed by atoms with E-state index in [1.807, 2.05) is 35.9 Å². The number of aryl methyl sites for hydroxylation is 1. The summed E-state index contributed by atoms with van der Waals surface area (Å²) in [5.74, 6) is -0.293. The Hall–Kier alpha value is -3.01. The third-order valence-corrected chi connectivity index (χ3v) is 5.38. The number of amidine groups is 1. The van der Waals surface area contributed by atoms with Gasteiger partial charge >= 0.3 is 12.2 Å². The molecule has 1 aromatic heterocycles. The second kappa shape index (κ2) is 8.62. The number of hydrogen-bond acceptors (Lipinski definition) is 6. The summed E-state index contributed by atoms with van der Waals surface area (Å²) in [7, 11) is 1.64. The number of alkyl halides is 3. The van der Waals surface area contributed by atoms with Gasteiger partial charge in [-0.3, -0.25) is 5.43 Å². The molecule has 4 rings (SSSR count). The number of ether oxygens (including phenoxy) is 2. The van der Waals surface area contributed by atoms with Gasteiger partial charge in [-0.1, -0.05) is 30.4 Å². The maximum atomic E-state index is 12.9. The van der Waals surface area contributed by atoms with Gasteiger partial charge in [0.05, 0.1) is 18.1 Å². The summed E-state index contributed by atoms with van der Waals surface area (Å²) < 4.78 is 52.1. The maximum absolute atomic E-state index is 12.9. The fourth-order valence-corrected chi connectivity index (χ4v) is 3.74. The van der Waals surface area contributed by atoms with E-state index in [4.69, 9.17) is 9.47 Å². The average molecular weight is 435 g/mol. The molecule has 166 valence electrons. The molecule has 0 saturated carbocycles. The first kappa shape index (κ1) is 21.2. The number of methoxy groups -OCH3 is 1. The van der Waals surface area contributed by atoms with Crippen LogP contribution in [0.1, 0.15) is 18.2 Å². The molecule has 0 amide bonds. The zero-order valence-corrected chi connectivity index (χ0v) is 17.1. The highest BCUT2D eigenvalue weighted by molar-refractivity contribution is 5.75. The Bertz CT molecular complexity index is 960. The number of nitrogens with zero attached hydrogens (tertiary/aromatic N) is 3. The fourth-order valence-electron chi connectivity index (χ4n) is 3.74. The minimum absolute atomic E-state index is 0.0242. The van der Waals surface area contributed by atoms with Crippen molar-refractivity contribution in [3.63, 3.8) is 0 Å². The van der Waals surface area contributed by atoms with E-state index >= 15 is 0 Å². The molecule has 3 aliphatic rings. The number of halogens is 3. The van der Waals surface area contributed by atoms with Crippen molar-refractivity contribution in [2.24, 2.45) is 11.0 Å². The Balaban J connectivity index is 1.31. The first-order chi connectivity index (χ1) is 14.8. The van der Waals surface area contributed by atoms with Crippen LogP contribution in [0.2, 0.25) is 0 Å². The number of imidazole rings is 1. The predicted octanol–water partition coefficient (Wildman–Crippen LogP) is 3.12. The molecule has 7 nitrogen and oxygen atoms in total. The highest BCUT2D eigenvalue weighted by atomic mass is 19.4. The molecular weight excluding hydrogens is 411 g/mol. The van der Waals surface area contributed by atoms with Crippen molar-refractivity contribution in [3.05, 3.63) is 65.8 Å². The van der Waals surface area contributed by atoms with Gasteiger partial charge in [0.25, 0.3) is 0 Å². The lowest BCUT2D eigenvalue weighted by molar-refractivity contribution is -0.0950. The van der Waals surface area contributed by atoms with E-state index in [9.17, 15) is 13.2 Å². The van der Waals surface area contributed by atoms with Crippen LogP contribution >= 0.6 is 0 Å². The van der Waals surface area contributed by atoms with Crippen LogP contribution in [0.3, 0.4) is 0 Å². The minimum Gasteiger partial charge on any atom is -0.434 e. The van der Waals surface area contributed by atoms with Gasteiger partial charge in [0, 0.05) is 31.0 Å². The number of hydrogen-bond donors (Lipinski definition) is 2. The highest BCUT2D eigenvalue weighted by Crippen LogP contribution is 2.33. The first-order valence-corrected chi connectivity index (χ1v) is 9.94. The second-order valence-electron chi connectivity index (χ2n) is 7.64. The van der Waals surface area contributed by atoms with Crippen LogP contribution in [0.15, 0.2) is 65.2 Å². The van der Waals surface area contributed by atoms with E-state index in [1.54, 1.807) is 19.5 Å². The third-order valence-electron chi connectivity index (χ3n) is 5.38. The van der Waals surface area contributed by atoms with Crippen LogP contribution in [-0.4, -0.2) is 47.7 Å². The first-order valence-electron chi connectivity index (χ1n) is 9.94. The number of allylic oxidation sites excluding steroid dienone is 3. The van der Waals surface area contributed by atoms with E-state index in [-0.39, 0.29) is 37.1 Å². The Morgan fingerprint density at radius 3 is 2.90 bits per heavy atom. The zero-order valence-electron chi connectivity index (χ0n) is 17.1. The predicted molar refractivity (Wildman–Crippen MR) is 109 cm³/mol. The molecule has 1 aliphatic heterocycles. The molecule has 0 radical (unpaired) electrons. The lowest BCUT2D eigenvalue weighted by Crippen LogP contribution is -2.33. The van der Waals surface area contributed by atoms with E-state index in [0.29, 0.717) is 0 Å². The van der Waals surface area contributed by atoms with Gasteiger partial charge in [0.1, 0.15) is 6.10 Å². The molecule has 4 unspecified atom stereocenters. The van der Waals surface area contributed by atoms with Gasteiger partial charge in [-0.25, -0.2) is 4.98 Å². The van der Waals surface area contributed by atoms with E-state index < -0.39 is 18.0 Å². The summed E-state index contributed by atoms with van der Waals surface area (Å²) >= 11 is 0. The molecule has 2 N–H and O–H groups in total. The number of nitrogens with one attached hydrogen (secondary N) is 2. The molecule has 0 fully saturated rings.